The van der Waals surface area contributed by atoms with E-state index in [0.717, 1.165) is 65.8 Å². The molecule has 0 amide bonds. The zero-order valence-corrected chi connectivity index (χ0v) is 20.9. The van der Waals surface area contributed by atoms with Crippen LogP contribution in [0.25, 0.3) is 21.3 Å². The van der Waals surface area contributed by atoms with Gasteiger partial charge in [-0.3, -0.25) is 4.90 Å². The molecule has 1 atom stereocenters. The van der Waals surface area contributed by atoms with Gasteiger partial charge in [0.15, 0.2) is 5.82 Å². The van der Waals surface area contributed by atoms with E-state index in [1.54, 1.807) is 25.6 Å². The molecular weight excluding hydrogens is 460 g/mol. The average Bonchev–Trinajstić information content (AvgIpc) is 3.34. The largest absolute Gasteiger partial charge is 0.497 e. The van der Waals surface area contributed by atoms with E-state index in [2.05, 4.69) is 52.0 Å². The fraction of sp³-hybridized carbons (Fsp3) is 0.333. The van der Waals surface area contributed by atoms with Crippen molar-refractivity contribution >= 4 is 27.4 Å². The van der Waals surface area contributed by atoms with Crippen LogP contribution in [0.15, 0.2) is 60.0 Å². The lowest BCUT2D eigenvalue weighted by molar-refractivity contribution is 0.0361. The number of hydrogen-bond donors (Lipinski definition) is 1. The SMILES string of the molecule is COCc1nc(NC(CN2CCOCC2)c2ccc(OC)cc2)c2c(-c3ccccc3)csc2n1. The Kier molecular flexibility index (Phi) is 7.54. The number of aromatic nitrogens is 2. The molecule has 1 aliphatic heterocycles. The molecule has 8 heteroatoms. The second-order valence-electron chi connectivity index (χ2n) is 8.50. The van der Waals surface area contributed by atoms with Crippen molar-refractivity contribution in [2.24, 2.45) is 0 Å². The molecule has 1 aliphatic rings. The number of rotatable bonds is 9. The fourth-order valence-corrected chi connectivity index (χ4v) is 5.36. The highest BCUT2D eigenvalue weighted by atomic mass is 32.1. The van der Waals surface area contributed by atoms with E-state index in [4.69, 9.17) is 24.2 Å². The third-order valence-electron chi connectivity index (χ3n) is 6.21. The van der Waals surface area contributed by atoms with E-state index in [-0.39, 0.29) is 6.04 Å². The number of methoxy groups -OCH3 is 2. The average molecular weight is 491 g/mol. The van der Waals surface area contributed by atoms with Crippen molar-refractivity contribution < 1.29 is 14.2 Å². The van der Waals surface area contributed by atoms with Gasteiger partial charge in [0.1, 0.15) is 23.0 Å². The molecule has 1 saturated heterocycles. The number of nitrogens with one attached hydrogen (secondary N) is 1. The van der Waals surface area contributed by atoms with Crippen molar-refractivity contribution in [1.82, 2.24) is 14.9 Å². The highest BCUT2D eigenvalue weighted by molar-refractivity contribution is 7.17. The van der Waals surface area contributed by atoms with Crippen LogP contribution in [0.5, 0.6) is 5.75 Å². The maximum Gasteiger partial charge on any atom is 0.158 e. The Hall–Kier alpha value is -3.04. The minimum Gasteiger partial charge on any atom is -0.497 e. The number of fused-ring (bicyclic) bond motifs is 1. The number of nitrogens with zero attached hydrogens (tertiary/aromatic N) is 3. The van der Waals surface area contributed by atoms with E-state index in [9.17, 15) is 0 Å². The van der Waals surface area contributed by atoms with Crippen LogP contribution in [0, 0.1) is 0 Å². The fourth-order valence-electron chi connectivity index (χ4n) is 4.39. The summed E-state index contributed by atoms with van der Waals surface area (Å²) in [5, 5.41) is 7.01. The number of anilines is 1. The summed E-state index contributed by atoms with van der Waals surface area (Å²) in [6.45, 7) is 4.54. The van der Waals surface area contributed by atoms with Gasteiger partial charge < -0.3 is 19.5 Å². The summed E-state index contributed by atoms with van der Waals surface area (Å²) in [7, 11) is 3.36. The second kappa shape index (κ2) is 11.1. The third kappa shape index (κ3) is 5.46. The molecule has 2 aromatic carbocycles. The molecule has 0 saturated carbocycles. The Morgan fingerprint density at radius 1 is 1.03 bits per heavy atom. The molecular formula is C27H30N4O3S. The van der Waals surface area contributed by atoms with Gasteiger partial charge in [-0.25, -0.2) is 9.97 Å². The van der Waals surface area contributed by atoms with Crippen molar-refractivity contribution in [3.63, 3.8) is 0 Å². The second-order valence-corrected chi connectivity index (χ2v) is 9.36. The Labute approximate surface area is 209 Å². The number of ether oxygens (including phenoxy) is 3. The first-order valence-corrected chi connectivity index (χ1v) is 12.7. The van der Waals surface area contributed by atoms with Crippen LogP contribution in [0.1, 0.15) is 17.4 Å². The molecule has 0 radical (unpaired) electrons. The Morgan fingerprint density at radius 3 is 2.51 bits per heavy atom. The van der Waals surface area contributed by atoms with Gasteiger partial charge in [0.05, 0.1) is 31.8 Å². The van der Waals surface area contributed by atoms with Crippen LogP contribution in [0.2, 0.25) is 0 Å². The lowest BCUT2D eigenvalue weighted by Gasteiger charge is -2.31. The Bertz CT molecular complexity index is 1240. The van der Waals surface area contributed by atoms with E-state index >= 15 is 0 Å². The Morgan fingerprint density at radius 2 is 1.80 bits per heavy atom. The zero-order chi connectivity index (χ0) is 24.0. The van der Waals surface area contributed by atoms with Gasteiger partial charge in [-0.15, -0.1) is 11.3 Å². The van der Waals surface area contributed by atoms with Gasteiger partial charge in [-0.05, 0) is 23.3 Å². The van der Waals surface area contributed by atoms with Crippen molar-refractivity contribution in [2.45, 2.75) is 12.6 Å². The molecule has 182 valence electrons. The smallest absolute Gasteiger partial charge is 0.158 e. The van der Waals surface area contributed by atoms with E-state index in [1.807, 2.05) is 18.2 Å². The lowest BCUT2D eigenvalue weighted by Crippen LogP contribution is -2.40. The van der Waals surface area contributed by atoms with Gasteiger partial charge in [-0.2, -0.15) is 0 Å². The van der Waals surface area contributed by atoms with Crippen LogP contribution >= 0.6 is 11.3 Å². The summed E-state index contributed by atoms with van der Waals surface area (Å²) in [6, 6.07) is 18.7. The van der Waals surface area contributed by atoms with Crippen LogP contribution in [-0.4, -0.2) is 61.9 Å². The normalized spacial score (nSPS) is 15.3. The Balaban J connectivity index is 1.57. The topological polar surface area (TPSA) is 68.7 Å². The molecule has 0 aliphatic carbocycles. The quantitative estimate of drug-likeness (QED) is 0.354. The van der Waals surface area contributed by atoms with Crippen molar-refractivity contribution in [3.8, 4) is 16.9 Å². The van der Waals surface area contributed by atoms with Gasteiger partial charge in [0.2, 0.25) is 0 Å². The van der Waals surface area contributed by atoms with Gasteiger partial charge in [0.25, 0.3) is 0 Å². The monoisotopic (exact) mass is 490 g/mol. The molecule has 35 heavy (non-hydrogen) atoms. The predicted octanol–water partition coefficient (Wildman–Crippen LogP) is 5.00. The molecule has 2 aromatic heterocycles. The third-order valence-corrected chi connectivity index (χ3v) is 7.08. The lowest BCUT2D eigenvalue weighted by atomic mass is 10.0. The predicted molar refractivity (Wildman–Crippen MR) is 140 cm³/mol. The van der Waals surface area contributed by atoms with Crippen molar-refractivity contribution in [3.05, 3.63) is 71.4 Å². The number of hydrogen-bond acceptors (Lipinski definition) is 8. The maximum absolute atomic E-state index is 5.58. The van der Waals surface area contributed by atoms with Gasteiger partial charge in [0, 0.05) is 37.7 Å². The molecule has 3 heterocycles. The molecule has 1 unspecified atom stereocenters. The first-order chi connectivity index (χ1) is 17.2. The summed E-state index contributed by atoms with van der Waals surface area (Å²) in [5.74, 6) is 2.34. The molecule has 1 N–H and O–H groups in total. The first-order valence-electron chi connectivity index (χ1n) is 11.8. The van der Waals surface area contributed by atoms with Gasteiger partial charge in [-0.1, -0.05) is 42.5 Å². The summed E-state index contributed by atoms with van der Waals surface area (Å²) >= 11 is 1.64. The van der Waals surface area contributed by atoms with Crippen molar-refractivity contribution in [1.29, 1.82) is 0 Å². The van der Waals surface area contributed by atoms with Crippen molar-refractivity contribution in [2.75, 3.05) is 52.4 Å². The van der Waals surface area contributed by atoms with Crippen LogP contribution < -0.4 is 10.1 Å². The maximum atomic E-state index is 5.58. The first kappa shape index (κ1) is 23.7. The molecule has 0 spiro atoms. The molecule has 4 aromatic rings. The van der Waals surface area contributed by atoms with Crippen LogP contribution in [0.3, 0.4) is 0 Å². The van der Waals surface area contributed by atoms with E-state index in [1.165, 1.54) is 5.56 Å². The minimum absolute atomic E-state index is 0.0241. The molecule has 1 fully saturated rings. The molecule has 7 nitrogen and oxygen atoms in total. The van der Waals surface area contributed by atoms with E-state index in [0.29, 0.717) is 12.4 Å². The van der Waals surface area contributed by atoms with Crippen LogP contribution in [-0.2, 0) is 16.1 Å². The van der Waals surface area contributed by atoms with Crippen LogP contribution in [0.4, 0.5) is 5.82 Å². The minimum atomic E-state index is 0.0241. The summed E-state index contributed by atoms with van der Waals surface area (Å²) in [5.41, 5.74) is 3.46. The summed E-state index contributed by atoms with van der Waals surface area (Å²) in [4.78, 5) is 13.1. The number of thiophene rings is 1. The van der Waals surface area contributed by atoms with E-state index < -0.39 is 0 Å². The number of benzene rings is 2. The zero-order valence-electron chi connectivity index (χ0n) is 20.1. The highest BCUT2D eigenvalue weighted by Crippen LogP contribution is 2.38. The molecule has 5 rings (SSSR count). The molecule has 0 bridgehead atoms. The standard InChI is InChI=1S/C27H30N4O3S/c1-32-17-24-29-26(25-22(18-35-27(25)30-24)19-6-4-3-5-7-19)28-23(16-31-12-14-34-15-13-31)20-8-10-21(33-2)11-9-20/h3-11,18,23H,12-17H2,1-2H3,(H,28,29,30). The summed E-state index contributed by atoms with van der Waals surface area (Å²) < 4.78 is 16.3. The number of morpholine rings is 1. The van der Waals surface area contributed by atoms with Gasteiger partial charge >= 0.3 is 0 Å². The summed E-state index contributed by atoms with van der Waals surface area (Å²) in [6.07, 6.45) is 0. The highest BCUT2D eigenvalue weighted by Gasteiger charge is 2.22.